The number of rotatable bonds is 7. The molecule has 0 saturated heterocycles. The summed E-state index contributed by atoms with van der Waals surface area (Å²) in [6.07, 6.45) is 2.40. The van der Waals surface area contributed by atoms with Crippen molar-refractivity contribution in [3.8, 4) is 11.5 Å². The molecule has 0 spiro atoms. The largest absolute Gasteiger partial charge is 0.504 e. The summed E-state index contributed by atoms with van der Waals surface area (Å²) in [5.41, 5.74) is 0.538. The van der Waals surface area contributed by atoms with Gasteiger partial charge in [0.05, 0.1) is 13.5 Å². The minimum atomic E-state index is -0.680. The predicted molar refractivity (Wildman–Crippen MR) is 80.4 cm³/mol. The number of hydrogen-bond acceptors (Lipinski definition) is 6. The molecule has 1 atom stereocenters. The molecule has 0 aliphatic heterocycles. The lowest BCUT2D eigenvalue weighted by atomic mass is 10.1. The van der Waals surface area contributed by atoms with Crippen LogP contribution in [0.4, 0.5) is 0 Å². The van der Waals surface area contributed by atoms with E-state index in [9.17, 15) is 19.8 Å². The van der Waals surface area contributed by atoms with Crippen molar-refractivity contribution in [3.05, 3.63) is 23.8 Å². The molecule has 3 N–H and O–H groups in total. The van der Waals surface area contributed by atoms with Crippen molar-refractivity contribution in [2.24, 2.45) is 0 Å². The molecule has 7 heteroatoms. The topological polar surface area (TPSA) is 95.9 Å². The van der Waals surface area contributed by atoms with Crippen LogP contribution in [0.3, 0.4) is 0 Å². The number of phenols is 2. The third-order valence-electron chi connectivity index (χ3n) is 2.84. The van der Waals surface area contributed by atoms with Gasteiger partial charge in [0, 0.05) is 0 Å². The first-order valence-electron chi connectivity index (χ1n) is 6.35. The van der Waals surface area contributed by atoms with Crippen LogP contribution in [-0.4, -0.2) is 47.2 Å². The zero-order valence-corrected chi connectivity index (χ0v) is 12.8. The maximum absolute atomic E-state index is 11.9. The van der Waals surface area contributed by atoms with Gasteiger partial charge in [0.2, 0.25) is 5.91 Å². The van der Waals surface area contributed by atoms with Crippen LogP contribution >= 0.6 is 11.8 Å². The van der Waals surface area contributed by atoms with E-state index in [1.54, 1.807) is 11.8 Å². The Balaban J connectivity index is 2.64. The van der Waals surface area contributed by atoms with E-state index >= 15 is 0 Å². The van der Waals surface area contributed by atoms with Crippen LogP contribution in [-0.2, 0) is 20.7 Å². The molecule has 0 radical (unpaired) electrons. The Bertz CT molecular complexity index is 506. The first-order chi connectivity index (χ1) is 9.97. The Hall–Kier alpha value is -1.89. The number of aromatic hydroxyl groups is 2. The van der Waals surface area contributed by atoms with Gasteiger partial charge in [-0.3, -0.25) is 4.79 Å². The van der Waals surface area contributed by atoms with Crippen molar-refractivity contribution < 1.29 is 24.5 Å². The predicted octanol–water partition coefficient (Wildman–Crippen LogP) is 1.05. The molecular weight excluding hydrogens is 294 g/mol. The van der Waals surface area contributed by atoms with Gasteiger partial charge in [0.1, 0.15) is 6.04 Å². The van der Waals surface area contributed by atoms with E-state index in [4.69, 9.17) is 0 Å². The Kier molecular flexibility index (Phi) is 6.87. The van der Waals surface area contributed by atoms with Crippen molar-refractivity contribution in [3.63, 3.8) is 0 Å². The zero-order chi connectivity index (χ0) is 15.8. The highest BCUT2D eigenvalue weighted by Crippen LogP contribution is 2.24. The number of carbonyl (C=O) groups is 2. The third-order valence-corrected chi connectivity index (χ3v) is 3.48. The first kappa shape index (κ1) is 17.2. The van der Waals surface area contributed by atoms with E-state index in [2.05, 4.69) is 10.1 Å². The standard InChI is InChI=1S/C14H19NO5S/c1-20-14(19)10(5-6-21-2)15-13(18)8-9-3-4-11(16)12(17)7-9/h3-4,7,10,16-17H,5-6,8H2,1-2H3,(H,15,18)/t10-/m0/s1. The van der Waals surface area contributed by atoms with Crippen LogP contribution in [0, 0.1) is 0 Å². The third kappa shape index (κ3) is 5.55. The van der Waals surface area contributed by atoms with Crippen LogP contribution in [0.15, 0.2) is 18.2 Å². The van der Waals surface area contributed by atoms with Crippen LogP contribution < -0.4 is 5.32 Å². The average Bonchev–Trinajstić information content (AvgIpc) is 2.46. The molecule has 1 rings (SSSR count). The van der Waals surface area contributed by atoms with Crippen LogP contribution in [0.1, 0.15) is 12.0 Å². The first-order valence-corrected chi connectivity index (χ1v) is 7.74. The van der Waals surface area contributed by atoms with Gasteiger partial charge in [-0.05, 0) is 36.1 Å². The molecule has 0 saturated carbocycles. The van der Waals surface area contributed by atoms with Gasteiger partial charge < -0.3 is 20.3 Å². The SMILES string of the molecule is COC(=O)[C@H](CCSC)NC(=O)Cc1ccc(O)c(O)c1. The monoisotopic (exact) mass is 313 g/mol. The number of hydrogen-bond donors (Lipinski definition) is 3. The van der Waals surface area contributed by atoms with Gasteiger partial charge in [-0.15, -0.1) is 0 Å². The summed E-state index contributed by atoms with van der Waals surface area (Å²) in [6.45, 7) is 0. The Morgan fingerprint density at radius 3 is 2.62 bits per heavy atom. The fraction of sp³-hybridized carbons (Fsp3) is 0.429. The van der Waals surface area contributed by atoms with Crippen LogP contribution in [0.25, 0.3) is 0 Å². The molecule has 6 nitrogen and oxygen atoms in total. The van der Waals surface area contributed by atoms with Gasteiger partial charge in [0.25, 0.3) is 0 Å². The molecule has 0 bridgehead atoms. The minimum Gasteiger partial charge on any atom is -0.504 e. The van der Waals surface area contributed by atoms with E-state index in [0.29, 0.717) is 12.0 Å². The van der Waals surface area contributed by atoms with Crippen molar-refractivity contribution in [1.29, 1.82) is 0 Å². The summed E-state index contributed by atoms with van der Waals surface area (Å²) in [5, 5.41) is 21.2. The molecular formula is C14H19NO5S. The van der Waals surface area contributed by atoms with Crippen molar-refractivity contribution in [2.45, 2.75) is 18.9 Å². The fourth-order valence-corrected chi connectivity index (χ4v) is 2.21. The quantitative estimate of drug-likeness (QED) is 0.514. The molecule has 21 heavy (non-hydrogen) atoms. The number of phenolic OH excluding ortho intramolecular Hbond substituents is 2. The maximum atomic E-state index is 11.9. The molecule has 0 aliphatic rings. The number of ether oxygens (including phenoxy) is 1. The number of nitrogens with one attached hydrogen (secondary N) is 1. The highest BCUT2D eigenvalue weighted by molar-refractivity contribution is 7.98. The lowest BCUT2D eigenvalue weighted by Gasteiger charge is -2.16. The second-order valence-electron chi connectivity index (χ2n) is 4.42. The lowest BCUT2D eigenvalue weighted by molar-refractivity contribution is -0.145. The van der Waals surface area contributed by atoms with E-state index in [1.807, 2.05) is 6.26 Å². The summed E-state index contributed by atoms with van der Waals surface area (Å²) in [4.78, 5) is 23.5. The van der Waals surface area contributed by atoms with E-state index in [-0.39, 0.29) is 23.8 Å². The Morgan fingerprint density at radius 1 is 1.33 bits per heavy atom. The van der Waals surface area contributed by atoms with E-state index in [0.717, 1.165) is 5.75 Å². The van der Waals surface area contributed by atoms with Crippen LogP contribution in [0.5, 0.6) is 11.5 Å². The molecule has 1 aromatic carbocycles. The van der Waals surface area contributed by atoms with Crippen molar-refractivity contribution in [2.75, 3.05) is 19.1 Å². The molecule has 0 fully saturated rings. The second-order valence-corrected chi connectivity index (χ2v) is 5.41. The van der Waals surface area contributed by atoms with Crippen molar-refractivity contribution >= 4 is 23.6 Å². The van der Waals surface area contributed by atoms with Gasteiger partial charge >= 0.3 is 5.97 Å². The molecule has 116 valence electrons. The number of carbonyl (C=O) groups excluding carboxylic acids is 2. The van der Waals surface area contributed by atoms with Crippen molar-refractivity contribution in [1.82, 2.24) is 5.32 Å². The fourth-order valence-electron chi connectivity index (χ4n) is 1.74. The highest BCUT2D eigenvalue weighted by atomic mass is 32.2. The van der Waals surface area contributed by atoms with Crippen LogP contribution in [0.2, 0.25) is 0 Å². The zero-order valence-electron chi connectivity index (χ0n) is 12.0. The minimum absolute atomic E-state index is 0.000597. The number of esters is 1. The number of methoxy groups -OCH3 is 1. The summed E-state index contributed by atoms with van der Waals surface area (Å²) in [5.74, 6) is -0.638. The van der Waals surface area contributed by atoms with Gasteiger partial charge in [-0.1, -0.05) is 6.07 Å². The number of amides is 1. The molecule has 0 aromatic heterocycles. The van der Waals surface area contributed by atoms with Gasteiger partial charge in [0.15, 0.2) is 11.5 Å². The summed E-state index contributed by atoms with van der Waals surface area (Å²) < 4.78 is 4.66. The summed E-state index contributed by atoms with van der Waals surface area (Å²) >= 11 is 1.57. The second kappa shape index (κ2) is 8.41. The van der Waals surface area contributed by atoms with E-state index in [1.165, 1.54) is 25.3 Å². The Labute approximate surface area is 127 Å². The number of thioether (sulfide) groups is 1. The van der Waals surface area contributed by atoms with E-state index < -0.39 is 12.0 Å². The maximum Gasteiger partial charge on any atom is 0.328 e. The van der Waals surface area contributed by atoms with Gasteiger partial charge in [-0.2, -0.15) is 11.8 Å². The number of benzene rings is 1. The average molecular weight is 313 g/mol. The molecule has 0 aliphatic carbocycles. The normalized spacial score (nSPS) is 11.7. The molecule has 1 amide bonds. The summed E-state index contributed by atoms with van der Waals surface area (Å²) in [6, 6.07) is 3.47. The Morgan fingerprint density at radius 2 is 2.05 bits per heavy atom. The van der Waals surface area contributed by atoms with Gasteiger partial charge in [-0.25, -0.2) is 4.79 Å². The smallest absolute Gasteiger partial charge is 0.328 e. The molecule has 0 unspecified atom stereocenters. The highest BCUT2D eigenvalue weighted by Gasteiger charge is 2.21. The lowest BCUT2D eigenvalue weighted by Crippen LogP contribution is -2.42. The molecule has 0 heterocycles. The summed E-state index contributed by atoms with van der Waals surface area (Å²) in [7, 11) is 1.28. The molecule has 1 aromatic rings.